The van der Waals surface area contributed by atoms with Crippen molar-refractivity contribution in [1.82, 2.24) is 4.90 Å². The monoisotopic (exact) mass is 373 g/mol. The Morgan fingerprint density at radius 3 is 2.29 bits per heavy atom. The fraction of sp³-hybridized carbons (Fsp3) is 0.467. The van der Waals surface area contributed by atoms with Crippen molar-refractivity contribution in [3.8, 4) is 0 Å². The number of hydrogen-bond acceptors (Lipinski definition) is 3. The van der Waals surface area contributed by atoms with E-state index in [2.05, 4.69) is 15.9 Å². The molecule has 0 aliphatic carbocycles. The molecule has 1 aromatic rings. The van der Waals surface area contributed by atoms with Crippen molar-refractivity contribution < 1.29 is 14.7 Å². The Morgan fingerprint density at radius 1 is 1.24 bits per heavy atom. The summed E-state index contributed by atoms with van der Waals surface area (Å²) < 4.78 is 0.539. The van der Waals surface area contributed by atoms with Gasteiger partial charge in [-0.25, -0.2) is 4.79 Å². The molecule has 1 rings (SSSR count). The van der Waals surface area contributed by atoms with E-state index >= 15 is 0 Å². The molecule has 0 atom stereocenters. The Bertz CT molecular complexity index is 524. The number of benzene rings is 1. The van der Waals surface area contributed by atoms with E-state index in [1.165, 1.54) is 11.8 Å². The van der Waals surface area contributed by atoms with Crippen LogP contribution in [0.4, 0.5) is 0 Å². The third-order valence-electron chi connectivity index (χ3n) is 2.93. The second-order valence-electron chi connectivity index (χ2n) is 5.22. The Kier molecular flexibility index (Phi) is 6.74. The number of hydrogen-bond donors (Lipinski definition) is 1. The van der Waals surface area contributed by atoms with Crippen LogP contribution in [0.3, 0.4) is 0 Å². The van der Waals surface area contributed by atoms with Gasteiger partial charge in [0.2, 0.25) is 5.91 Å². The number of carbonyl (C=O) groups excluding carboxylic acids is 1. The van der Waals surface area contributed by atoms with Crippen molar-refractivity contribution in [3.05, 3.63) is 28.2 Å². The van der Waals surface area contributed by atoms with Crippen LogP contribution in [0, 0.1) is 0 Å². The SMILES string of the molecule is CC(C)N(C(=O)CSc1ccc(Br)c(C(=O)O)c1)C(C)C. The first-order valence-corrected chi connectivity index (χ1v) is 8.48. The van der Waals surface area contributed by atoms with E-state index < -0.39 is 5.97 Å². The molecule has 1 N–H and O–H groups in total. The minimum atomic E-state index is -0.985. The molecule has 0 bridgehead atoms. The van der Waals surface area contributed by atoms with Gasteiger partial charge in [-0.2, -0.15) is 0 Å². The Labute approximate surface area is 138 Å². The van der Waals surface area contributed by atoms with Crippen LogP contribution in [-0.2, 0) is 4.79 Å². The Hall–Kier alpha value is -1.01. The van der Waals surface area contributed by atoms with Crippen molar-refractivity contribution in [2.24, 2.45) is 0 Å². The average Bonchev–Trinajstić information content (AvgIpc) is 2.36. The lowest BCUT2D eigenvalue weighted by molar-refractivity contribution is -0.131. The van der Waals surface area contributed by atoms with Gasteiger partial charge < -0.3 is 10.0 Å². The van der Waals surface area contributed by atoms with E-state index in [9.17, 15) is 9.59 Å². The fourth-order valence-electron chi connectivity index (χ4n) is 2.15. The first-order valence-electron chi connectivity index (χ1n) is 6.70. The minimum absolute atomic E-state index is 0.0600. The normalized spacial score (nSPS) is 11.0. The molecule has 0 saturated carbocycles. The lowest BCUT2D eigenvalue weighted by Gasteiger charge is -2.30. The molecule has 0 aliphatic heterocycles. The van der Waals surface area contributed by atoms with Crippen LogP contribution in [0.2, 0.25) is 0 Å². The van der Waals surface area contributed by atoms with Gasteiger partial charge in [0.1, 0.15) is 0 Å². The van der Waals surface area contributed by atoms with Crippen LogP contribution < -0.4 is 0 Å². The lowest BCUT2D eigenvalue weighted by atomic mass is 10.2. The molecule has 0 radical (unpaired) electrons. The quantitative estimate of drug-likeness (QED) is 0.768. The van der Waals surface area contributed by atoms with Gasteiger partial charge in [0.25, 0.3) is 0 Å². The second kappa shape index (κ2) is 7.84. The summed E-state index contributed by atoms with van der Waals surface area (Å²) in [6.45, 7) is 7.96. The Balaban J connectivity index is 2.77. The van der Waals surface area contributed by atoms with Crippen LogP contribution in [0.15, 0.2) is 27.6 Å². The number of carboxylic acid groups (broad SMARTS) is 1. The number of amides is 1. The van der Waals surface area contributed by atoms with E-state index in [0.29, 0.717) is 10.2 Å². The van der Waals surface area contributed by atoms with Gasteiger partial charge in [-0.3, -0.25) is 4.79 Å². The number of rotatable bonds is 6. The molecule has 0 aliphatic rings. The maximum atomic E-state index is 12.3. The van der Waals surface area contributed by atoms with Gasteiger partial charge >= 0.3 is 5.97 Å². The highest BCUT2D eigenvalue weighted by molar-refractivity contribution is 9.10. The van der Waals surface area contributed by atoms with Crippen molar-refractivity contribution in [1.29, 1.82) is 0 Å². The van der Waals surface area contributed by atoms with Crippen LogP contribution in [0.1, 0.15) is 38.1 Å². The molecule has 0 aromatic heterocycles. The lowest BCUT2D eigenvalue weighted by Crippen LogP contribution is -2.43. The van der Waals surface area contributed by atoms with Gasteiger partial charge in [-0.15, -0.1) is 11.8 Å². The summed E-state index contributed by atoms with van der Waals surface area (Å²) >= 11 is 4.56. The van der Waals surface area contributed by atoms with Gasteiger partial charge in [-0.05, 0) is 61.8 Å². The standard InChI is InChI=1S/C15H20BrNO3S/c1-9(2)17(10(3)4)14(18)8-21-11-5-6-13(16)12(7-11)15(19)20/h5-7,9-10H,8H2,1-4H3,(H,19,20). The van der Waals surface area contributed by atoms with Crippen LogP contribution in [-0.4, -0.2) is 39.7 Å². The first kappa shape index (κ1) is 18.0. The largest absolute Gasteiger partial charge is 0.478 e. The second-order valence-corrected chi connectivity index (χ2v) is 7.13. The minimum Gasteiger partial charge on any atom is -0.478 e. The molecule has 0 unspecified atom stereocenters. The van der Waals surface area contributed by atoms with E-state index in [4.69, 9.17) is 5.11 Å². The summed E-state index contributed by atoms with van der Waals surface area (Å²) in [7, 11) is 0. The van der Waals surface area contributed by atoms with Crippen molar-refractivity contribution in [2.45, 2.75) is 44.7 Å². The summed E-state index contributed by atoms with van der Waals surface area (Å²) in [6.07, 6.45) is 0. The molecule has 0 spiro atoms. The fourth-order valence-corrected chi connectivity index (χ4v) is 3.37. The molecular weight excluding hydrogens is 354 g/mol. The van der Waals surface area contributed by atoms with Crippen molar-refractivity contribution in [2.75, 3.05) is 5.75 Å². The van der Waals surface area contributed by atoms with Gasteiger partial charge in [0.05, 0.1) is 11.3 Å². The molecule has 6 heteroatoms. The summed E-state index contributed by atoms with van der Waals surface area (Å²) in [5, 5.41) is 9.09. The average molecular weight is 374 g/mol. The number of nitrogens with zero attached hydrogens (tertiary/aromatic N) is 1. The molecule has 0 fully saturated rings. The molecule has 1 aromatic carbocycles. The number of carboxylic acids is 1. The zero-order valence-electron chi connectivity index (χ0n) is 12.6. The number of aromatic carboxylic acids is 1. The van der Waals surface area contributed by atoms with Gasteiger partial charge in [0, 0.05) is 21.5 Å². The summed E-state index contributed by atoms with van der Waals surface area (Å²) in [5.74, 6) is -0.622. The predicted molar refractivity (Wildman–Crippen MR) is 88.9 cm³/mol. The number of thioether (sulfide) groups is 1. The van der Waals surface area contributed by atoms with Gasteiger partial charge in [0.15, 0.2) is 0 Å². The first-order chi connectivity index (χ1) is 9.73. The maximum absolute atomic E-state index is 12.3. The van der Waals surface area contributed by atoms with E-state index in [-0.39, 0.29) is 23.6 Å². The molecular formula is C15H20BrNO3S. The summed E-state index contributed by atoms with van der Waals surface area (Å²) in [5.41, 5.74) is 0.206. The zero-order valence-corrected chi connectivity index (χ0v) is 15.0. The highest BCUT2D eigenvalue weighted by Gasteiger charge is 2.20. The molecule has 0 heterocycles. The van der Waals surface area contributed by atoms with E-state index in [1.807, 2.05) is 38.7 Å². The molecule has 4 nitrogen and oxygen atoms in total. The summed E-state index contributed by atoms with van der Waals surface area (Å²) in [4.78, 5) is 26.0. The van der Waals surface area contributed by atoms with E-state index in [0.717, 1.165) is 4.90 Å². The smallest absolute Gasteiger partial charge is 0.336 e. The van der Waals surface area contributed by atoms with Gasteiger partial charge in [-0.1, -0.05) is 0 Å². The highest BCUT2D eigenvalue weighted by Crippen LogP contribution is 2.25. The molecule has 0 saturated heterocycles. The third kappa shape index (κ3) is 5.04. The van der Waals surface area contributed by atoms with Crippen LogP contribution in [0.5, 0.6) is 0 Å². The topological polar surface area (TPSA) is 57.6 Å². The number of halogens is 1. The maximum Gasteiger partial charge on any atom is 0.336 e. The van der Waals surface area contributed by atoms with Crippen molar-refractivity contribution >= 4 is 39.6 Å². The highest BCUT2D eigenvalue weighted by atomic mass is 79.9. The molecule has 1 amide bonds. The third-order valence-corrected chi connectivity index (χ3v) is 4.60. The zero-order chi connectivity index (χ0) is 16.2. The Morgan fingerprint density at radius 2 is 1.81 bits per heavy atom. The van der Waals surface area contributed by atoms with Crippen LogP contribution in [0.25, 0.3) is 0 Å². The predicted octanol–water partition coefficient (Wildman–Crippen LogP) is 3.88. The summed E-state index contributed by atoms with van der Waals surface area (Å²) in [6, 6.07) is 5.39. The number of carbonyl (C=O) groups is 2. The van der Waals surface area contributed by atoms with Crippen molar-refractivity contribution in [3.63, 3.8) is 0 Å². The molecule has 21 heavy (non-hydrogen) atoms. The molecule has 116 valence electrons. The van der Waals surface area contributed by atoms with E-state index in [1.54, 1.807) is 12.1 Å². The van der Waals surface area contributed by atoms with Crippen LogP contribution >= 0.6 is 27.7 Å².